The number of aryl methyl sites for hydroxylation is 2. The second kappa shape index (κ2) is 9.96. The van der Waals surface area contributed by atoms with E-state index < -0.39 is 0 Å². The van der Waals surface area contributed by atoms with E-state index in [-0.39, 0.29) is 5.78 Å². The minimum atomic E-state index is -0.0618. The molecular weight excluding hydrogens is 406 g/mol. The lowest BCUT2D eigenvalue weighted by Gasteiger charge is -2.17. The molecule has 0 atom stereocenters. The largest absolute Gasteiger partial charge is 0.493 e. The van der Waals surface area contributed by atoms with Gasteiger partial charge in [-0.3, -0.25) is 15.2 Å². The first-order valence-corrected chi connectivity index (χ1v) is 10.2. The molecular formula is C25H27N3O4. The zero-order chi connectivity index (χ0) is 23.3. The molecule has 166 valence electrons. The number of carbonyl (C=O) groups excluding carboxylic acids is 1. The number of fused-ring (bicyclic) bond motifs is 1. The second-order valence-corrected chi connectivity index (χ2v) is 7.32. The number of hydrogen-bond donors (Lipinski definition) is 1. The summed E-state index contributed by atoms with van der Waals surface area (Å²) in [5.74, 6) is 2.07. The number of rotatable bonds is 10. The highest BCUT2D eigenvalue weighted by molar-refractivity contribution is 5.97. The summed E-state index contributed by atoms with van der Waals surface area (Å²) in [5, 5.41) is 8.05. The van der Waals surface area contributed by atoms with E-state index in [1.54, 1.807) is 36.5 Å². The maximum atomic E-state index is 12.2. The Hall–Kier alpha value is -3.87. The molecule has 7 nitrogen and oxygen atoms in total. The van der Waals surface area contributed by atoms with E-state index in [1.165, 1.54) is 13.3 Å². The molecule has 0 aliphatic heterocycles. The van der Waals surface area contributed by atoms with Crippen LogP contribution in [0, 0.1) is 19.3 Å². The Labute approximate surface area is 187 Å². The predicted molar refractivity (Wildman–Crippen MR) is 125 cm³/mol. The second-order valence-electron chi connectivity index (χ2n) is 7.32. The molecule has 2 aromatic carbocycles. The van der Waals surface area contributed by atoms with Crippen LogP contribution in [0.15, 0.2) is 49.3 Å². The molecule has 1 heterocycles. The number of aromatic nitrogens is 1. The van der Waals surface area contributed by atoms with Gasteiger partial charge >= 0.3 is 0 Å². The van der Waals surface area contributed by atoms with Gasteiger partial charge in [-0.15, -0.1) is 0 Å². The summed E-state index contributed by atoms with van der Waals surface area (Å²) < 4.78 is 17.6. The van der Waals surface area contributed by atoms with E-state index in [1.807, 2.05) is 32.0 Å². The monoisotopic (exact) mass is 433 g/mol. The molecule has 7 heteroatoms. The minimum Gasteiger partial charge on any atom is -0.493 e. The molecule has 3 rings (SSSR count). The Kier molecular flexibility index (Phi) is 7.10. The third kappa shape index (κ3) is 4.88. The first-order chi connectivity index (χ1) is 15.4. The van der Waals surface area contributed by atoms with Gasteiger partial charge in [-0.05, 0) is 62.4 Å². The van der Waals surface area contributed by atoms with Gasteiger partial charge in [-0.1, -0.05) is 6.58 Å². The summed E-state index contributed by atoms with van der Waals surface area (Å²) in [6, 6.07) is 9.08. The predicted octanol–water partition coefficient (Wildman–Crippen LogP) is 5.29. The van der Waals surface area contributed by atoms with E-state index in [9.17, 15) is 4.79 Å². The lowest BCUT2D eigenvalue weighted by atomic mass is 10.0. The summed E-state index contributed by atoms with van der Waals surface area (Å²) in [6.45, 7) is 9.95. The van der Waals surface area contributed by atoms with Crippen LogP contribution in [-0.2, 0) is 0 Å². The number of carbonyl (C=O) groups is 1. The highest BCUT2D eigenvalue weighted by Gasteiger charge is 2.16. The van der Waals surface area contributed by atoms with Gasteiger partial charge in [0.1, 0.15) is 18.1 Å². The average Bonchev–Trinajstić information content (AvgIpc) is 2.78. The van der Waals surface area contributed by atoms with Crippen molar-refractivity contribution in [2.24, 2.45) is 0 Å². The third-order valence-corrected chi connectivity index (χ3v) is 5.19. The van der Waals surface area contributed by atoms with Crippen molar-refractivity contribution < 1.29 is 19.0 Å². The van der Waals surface area contributed by atoms with Crippen LogP contribution in [0.3, 0.4) is 0 Å². The minimum absolute atomic E-state index is 0.0618. The summed E-state index contributed by atoms with van der Waals surface area (Å²) in [6.07, 6.45) is 4.39. The number of pyridine rings is 1. The van der Waals surface area contributed by atoms with Gasteiger partial charge in [0.2, 0.25) is 0 Å². The zero-order valence-corrected chi connectivity index (χ0v) is 18.8. The fourth-order valence-electron chi connectivity index (χ4n) is 3.23. The highest BCUT2D eigenvalue weighted by Crippen LogP contribution is 2.38. The maximum Gasteiger partial charge on any atom is 0.163 e. The van der Waals surface area contributed by atoms with Gasteiger partial charge in [-0.2, -0.15) is 0 Å². The molecule has 3 aromatic rings. The normalized spacial score (nSPS) is 10.5. The number of ether oxygens (including phenoxy) is 3. The maximum absolute atomic E-state index is 12.2. The summed E-state index contributed by atoms with van der Waals surface area (Å²) >= 11 is 0. The average molecular weight is 434 g/mol. The molecule has 1 aromatic heterocycles. The lowest BCUT2D eigenvalue weighted by Crippen LogP contribution is -2.21. The standard InChI is InChI=1S/C25H27N3O4/c1-6-28(15-26)9-10-31-25-14-21-20(13-24(25)30-5)22(7-8-27-21)32-23-12-17(3)16(2)11-19(23)18(4)29/h6-8,11-15,26H,1,9-10H2,2-5H3. The molecule has 0 aliphatic rings. The molecule has 0 radical (unpaired) electrons. The van der Waals surface area contributed by atoms with E-state index in [2.05, 4.69) is 11.6 Å². The van der Waals surface area contributed by atoms with Crippen LogP contribution < -0.4 is 14.2 Å². The topological polar surface area (TPSA) is 84.7 Å². The van der Waals surface area contributed by atoms with Crippen LogP contribution in [0.1, 0.15) is 28.4 Å². The summed E-state index contributed by atoms with van der Waals surface area (Å²) in [4.78, 5) is 18.2. The van der Waals surface area contributed by atoms with Crippen LogP contribution in [0.25, 0.3) is 10.9 Å². The van der Waals surface area contributed by atoms with Crippen molar-refractivity contribution in [3.8, 4) is 23.0 Å². The summed E-state index contributed by atoms with van der Waals surface area (Å²) in [5.41, 5.74) is 3.26. The van der Waals surface area contributed by atoms with Gasteiger partial charge < -0.3 is 19.1 Å². The first kappa shape index (κ1) is 22.8. The van der Waals surface area contributed by atoms with Crippen molar-refractivity contribution in [1.29, 1.82) is 5.41 Å². The molecule has 0 saturated carbocycles. The van der Waals surface area contributed by atoms with Gasteiger partial charge in [0, 0.05) is 17.6 Å². The fourth-order valence-corrected chi connectivity index (χ4v) is 3.23. The Morgan fingerprint density at radius 3 is 2.53 bits per heavy atom. The van der Waals surface area contributed by atoms with Crippen molar-refractivity contribution in [1.82, 2.24) is 9.88 Å². The van der Waals surface area contributed by atoms with Crippen molar-refractivity contribution in [3.05, 3.63) is 66.0 Å². The third-order valence-electron chi connectivity index (χ3n) is 5.19. The Bertz CT molecular complexity index is 1170. The van der Waals surface area contributed by atoms with Gasteiger partial charge in [0.05, 0.1) is 31.1 Å². The van der Waals surface area contributed by atoms with Crippen molar-refractivity contribution in [2.45, 2.75) is 20.8 Å². The number of Topliss-reactive ketones (excluding diaryl/α,β-unsaturated/α-hetero) is 1. The molecule has 32 heavy (non-hydrogen) atoms. The number of ketones is 1. The van der Waals surface area contributed by atoms with Gasteiger partial charge in [0.15, 0.2) is 17.3 Å². The molecule has 0 amide bonds. The zero-order valence-electron chi connectivity index (χ0n) is 18.8. The fraction of sp³-hybridized carbons (Fsp3) is 0.240. The molecule has 0 unspecified atom stereocenters. The first-order valence-electron chi connectivity index (χ1n) is 10.2. The van der Waals surface area contributed by atoms with Crippen molar-refractivity contribution in [2.75, 3.05) is 20.3 Å². The number of nitrogens with one attached hydrogen (secondary N) is 1. The SMILES string of the molecule is C=CN(C=N)CCOc1cc2nccc(Oc3cc(C)c(C)cc3C(C)=O)c2cc1OC. The number of hydrogen-bond acceptors (Lipinski definition) is 6. The summed E-state index contributed by atoms with van der Waals surface area (Å²) in [7, 11) is 1.57. The molecule has 0 bridgehead atoms. The molecule has 0 spiro atoms. The van der Waals surface area contributed by atoms with E-state index >= 15 is 0 Å². The molecule has 0 saturated heterocycles. The van der Waals surface area contributed by atoms with E-state index in [0.29, 0.717) is 47.2 Å². The Balaban J connectivity index is 1.97. The van der Waals surface area contributed by atoms with Gasteiger partial charge in [0.25, 0.3) is 0 Å². The Morgan fingerprint density at radius 2 is 1.88 bits per heavy atom. The van der Waals surface area contributed by atoms with Crippen molar-refractivity contribution in [3.63, 3.8) is 0 Å². The number of benzene rings is 2. The van der Waals surface area contributed by atoms with Crippen LogP contribution >= 0.6 is 0 Å². The van der Waals surface area contributed by atoms with Crippen LogP contribution in [0.2, 0.25) is 0 Å². The number of nitrogens with zero attached hydrogens (tertiary/aromatic N) is 2. The quantitative estimate of drug-likeness (QED) is 0.266. The van der Waals surface area contributed by atoms with Gasteiger partial charge in [-0.25, -0.2) is 0 Å². The lowest BCUT2D eigenvalue weighted by molar-refractivity contribution is 0.101. The van der Waals surface area contributed by atoms with Crippen LogP contribution in [0.5, 0.6) is 23.0 Å². The van der Waals surface area contributed by atoms with E-state index in [0.717, 1.165) is 16.5 Å². The Morgan fingerprint density at radius 1 is 1.12 bits per heavy atom. The van der Waals surface area contributed by atoms with Crippen molar-refractivity contribution >= 4 is 23.0 Å². The molecule has 0 fully saturated rings. The molecule has 0 aliphatic carbocycles. The molecule has 1 N–H and O–H groups in total. The highest BCUT2D eigenvalue weighted by atomic mass is 16.5. The number of methoxy groups -OCH3 is 1. The van der Waals surface area contributed by atoms with E-state index in [4.69, 9.17) is 19.6 Å². The smallest absolute Gasteiger partial charge is 0.163 e. The van der Waals surface area contributed by atoms with Crippen LogP contribution in [-0.4, -0.2) is 42.3 Å². The van der Waals surface area contributed by atoms with Crippen LogP contribution in [0.4, 0.5) is 0 Å².